The fourth-order valence-corrected chi connectivity index (χ4v) is 3.69. The van der Waals surface area contributed by atoms with E-state index in [1.54, 1.807) is 6.92 Å². The fraction of sp³-hybridized carbons (Fsp3) is 0.500. The Bertz CT molecular complexity index is 1060. The number of hydrogen-bond acceptors (Lipinski definition) is 8. The van der Waals surface area contributed by atoms with Gasteiger partial charge in [-0.15, -0.1) is 0 Å². The van der Waals surface area contributed by atoms with Gasteiger partial charge in [0.25, 0.3) is 5.91 Å². The zero-order valence-electron chi connectivity index (χ0n) is 18.6. The molecule has 1 saturated heterocycles. The molecule has 5 N–H and O–H groups in total. The van der Waals surface area contributed by atoms with Crippen LogP contribution in [-0.2, 0) is 4.79 Å². The van der Waals surface area contributed by atoms with E-state index in [-0.39, 0.29) is 41.9 Å². The van der Waals surface area contributed by atoms with Crippen molar-refractivity contribution in [1.82, 2.24) is 15.2 Å². The Morgan fingerprint density at radius 1 is 1.32 bits per heavy atom. The van der Waals surface area contributed by atoms with Gasteiger partial charge in [0.05, 0.1) is 12.6 Å². The van der Waals surface area contributed by atoms with Gasteiger partial charge in [0.1, 0.15) is 6.04 Å². The summed E-state index contributed by atoms with van der Waals surface area (Å²) in [5.41, 5.74) is 11.8. The number of hydrogen-bond donors (Lipinski definition) is 3. The number of carbonyl (C=O) groups is 2. The van der Waals surface area contributed by atoms with Gasteiger partial charge in [-0.1, -0.05) is 0 Å². The molecule has 0 bridgehead atoms. The maximum absolute atomic E-state index is 13.3. The van der Waals surface area contributed by atoms with Gasteiger partial charge >= 0.3 is 6.61 Å². The van der Waals surface area contributed by atoms with E-state index < -0.39 is 30.5 Å². The number of aromatic nitrogens is 1. The van der Waals surface area contributed by atoms with E-state index >= 15 is 0 Å². The summed E-state index contributed by atoms with van der Waals surface area (Å²) >= 11 is 0. The van der Waals surface area contributed by atoms with E-state index in [0.717, 1.165) is 12.8 Å². The van der Waals surface area contributed by atoms with Crippen LogP contribution in [0.2, 0.25) is 0 Å². The lowest BCUT2D eigenvalue weighted by Gasteiger charge is -2.33. The number of benzene rings is 1. The zero-order chi connectivity index (χ0) is 24.4. The van der Waals surface area contributed by atoms with Crippen LogP contribution in [0.1, 0.15) is 42.1 Å². The molecule has 1 aliphatic carbocycles. The van der Waals surface area contributed by atoms with E-state index in [0.29, 0.717) is 24.6 Å². The second kappa shape index (κ2) is 9.94. The molecule has 2 amide bonds. The number of piperazine rings is 1. The van der Waals surface area contributed by atoms with Gasteiger partial charge in [0.2, 0.25) is 11.8 Å². The molecule has 1 aromatic heterocycles. The highest BCUT2D eigenvalue weighted by Crippen LogP contribution is 2.37. The predicted molar refractivity (Wildman–Crippen MR) is 116 cm³/mol. The van der Waals surface area contributed by atoms with E-state index in [2.05, 4.69) is 15.0 Å². The number of oxazole rings is 1. The molecular weight excluding hydrogens is 452 g/mol. The third-order valence-electron chi connectivity index (χ3n) is 5.68. The molecule has 2 unspecified atom stereocenters. The number of rotatable bonds is 9. The summed E-state index contributed by atoms with van der Waals surface area (Å²) in [4.78, 5) is 30.8. The van der Waals surface area contributed by atoms with Gasteiger partial charge < -0.3 is 35.6 Å². The van der Waals surface area contributed by atoms with Crippen LogP contribution in [0, 0.1) is 5.92 Å². The van der Waals surface area contributed by atoms with Crippen molar-refractivity contribution < 1.29 is 32.3 Å². The lowest BCUT2D eigenvalue weighted by molar-refractivity contribution is -0.122. The van der Waals surface area contributed by atoms with E-state index in [4.69, 9.17) is 20.6 Å². The van der Waals surface area contributed by atoms with E-state index in [1.807, 2.05) is 0 Å². The minimum Gasteiger partial charge on any atom is -0.489 e. The summed E-state index contributed by atoms with van der Waals surface area (Å²) < 4.78 is 41.8. The number of nitrogens with two attached hydrogens (primary N) is 2. The second-order valence-corrected chi connectivity index (χ2v) is 8.44. The van der Waals surface area contributed by atoms with Crippen LogP contribution >= 0.6 is 0 Å². The summed E-state index contributed by atoms with van der Waals surface area (Å²) in [7, 11) is 0. The first kappa shape index (κ1) is 23.9. The largest absolute Gasteiger partial charge is 0.489 e. The molecule has 0 radical (unpaired) electrons. The Morgan fingerprint density at radius 2 is 2.09 bits per heavy atom. The van der Waals surface area contributed by atoms with Crippen molar-refractivity contribution in [3.63, 3.8) is 0 Å². The number of primary amides is 1. The summed E-state index contributed by atoms with van der Waals surface area (Å²) in [6, 6.07) is 2.77. The monoisotopic (exact) mass is 479 g/mol. The number of nitrogens with one attached hydrogen (secondary N) is 1. The van der Waals surface area contributed by atoms with Crippen molar-refractivity contribution in [3.8, 4) is 23.0 Å². The van der Waals surface area contributed by atoms with Crippen molar-refractivity contribution >= 4 is 11.8 Å². The minimum atomic E-state index is -3.01. The van der Waals surface area contributed by atoms with Crippen LogP contribution in [0.4, 0.5) is 8.78 Å². The maximum Gasteiger partial charge on any atom is 0.387 e. The van der Waals surface area contributed by atoms with Crippen molar-refractivity contribution in [2.45, 2.75) is 38.5 Å². The SMILES string of the molecule is CC(N)c1oc(-c2ccc(OC(F)F)c(OCC3CC3)c2)nc1C(=O)N1CCNCC1C(N)=O. The van der Waals surface area contributed by atoms with Gasteiger partial charge in [0, 0.05) is 25.2 Å². The first-order valence-electron chi connectivity index (χ1n) is 11.0. The number of nitrogens with zero attached hydrogens (tertiary/aromatic N) is 2. The minimum absolute atomic E-state index is 0.0356. The summed E-state index contributed by atoms with van der Waals surface area (Å²) in [5, 5.41) is 3.03. The van der Waals surface area contributed by atoms with Gasteiger partial charge in [-0.25, -0.2) is 4.98 Å². The summed E-state index contributed by atoms with van der Waals surface area (Å²) in [6.07, 6.45) is 2.04. The third-order valence-corrected chi connectivity index (χ3v) is 5.68. The van der Waals surface area contributed by atoms with Crippen LogP contribution in [0.5, 0.6) is 11.5 Å². The van der Waals surface area contributed by atoms with E-state index in [9.17, 15) is 18.4 Å². The number of alkyl halides is 2. The second-order valence-electron chi connectivity index (χ2n) is 8.44. The molecule has 1 saturated carbocycles. The van der Waals surface area contributed by atoms with Crippen LogP contribution in [0.15, 0.2) is 22.6 Å². The van der Waals surface area contributed by atoms with Gasteiger partial charge in [-0.3, -0.25) is 9.59 Å². The van der Waals surface area contributed by atoms with Crippen LogP contribution in [0.25, 0.3) is 11.5 Å². The molecule has 1 aromatic carbocycles. The molecule has 184 valence electrons. The van der Waals surface area contributed by atoms with Crippen LogP contribution in [-0.4, -0.2) is 60.6 Å². The van der Waals surface area contributed by atoms with Gasteiger partial charge in [-0.05, 0) is 43.9 Å². The quantitative estimate of drug-likeness (QED) is 0.492. The zero-order valence-corrected chi connectivity index (χ0v) is 18.6. The van der Waals surface area contributed by atoms with Crippen molar-refractivity contribution in [2.75, 3.05) is 26.2 Å². The third kappa shape index (κ3) is 5.28. The smallest absolute Gasteiger partial charge is 0.387 e. The Kier molecular flexibility index (Phi) is 6.98. The molecule has 12 heteroatoms. The van der Waals surface area contributed by atoms with Gasteiger partial charge in [-0.2, -0.15) is 8.78 Å². The van der Waals surface area contributed by atoms with Crippen molar-refractivity contribution in [3.05, 3.63) is 29.7 Å². The summed E-state index contributed by atoms with van der Waals surface area (Å²) in [5.74, 6) is -0.588. The van der Waals surface area contributed by atoms with E-state index in [1.165, 1.54) is 23.1 Å². The first-order chi connectivity index (χ1) is 16.2. The molecule has 10 nitrogen and oxygen atoms in total. The Labute approximate surface area is 194 Å². The number of ether oxygens (including phenoxy) is 2. The standard InChI is InChI=1S/C22H27F2N5O5/c1-11(25)18-17(21(31)29-7-6-27-9-14(29)19(26)30)28-20(34-18)13-4-5-15(33-22(23)24)16(8-13)32-10-12-2-3-12/h4-5,8,11-12,14,22,27H,2-3,6-7,9-10,25H2,1H3,(H2,26,30). The molecule has 34 heavy (non-hydrogen) atoms. The predicted octanol–water partition coefficient (Wildman–Crippen LogP) is 1.65. The Balaban J connectivity index is 1.67. The van der Waals surface area contributed by atoms with Crippen molar-refractivity contribution in [1.29, 1.82) is 0 Å². The Hall–Kier alpha value is -3.25. The normalized spacial score (nSPS) is 19.2. The van der Waals surface area contributed by atoms with Gasteiger partial charge in [0.15, 0.2) is 23.0 Å². The lowest BCUT2D eigenvalue weighted by Crippen LogP contribution is -2.58. The highest BCUT2D eigenvalue weighted by atomic mass is 19.3. The average Bonchev–Trinajstić information content (AvgIpc) is 3.52. The molecule has 4 rings (SSSR count). The topological polar surface area (TPSA) is 146 Å². The number of carbonyl (C=O) groups excluding carboxylic acids is 2. The summed E-state index contributed by atoms with van der Waals surface area (Å²) in [6.45, 7) is -0.0313. The maximum atomic E-state index is 13.3. The number of halogens is 2. The lowest BCUT2D eigenvalue weighted by atomic mass is 10.1. The highest BCUT2D eigenvalue weighted by Gasteiger charge is 2.35. The van der Waals surface area contributed by atoms with Crippen molar-refractivity contribution in [2.24, 2.45) is 17.4 Å². The van der Waals surface area contributed by atoms with Crippen LogP contribution in [0.3, 0.4) is 0 Å². The molecule has 2 heterocycles. The fourth-order valence-electron chi connectivity index (χ4n) is 3.69. The molecule has 2 aliphatic rings. The highest BCUT2D eigenvalue weighted by molar-refractivity contribution is 5.97. The molecule has 2 atom stereocenters. The molecule has 2 aromatic rings. The molecule has 1 aliphatic heterocycles. The molecule has 2 fully saturated rings. The Morgan fingerprint density at radius 3 is 2.74 bits per heavy atom. The number of amides is 2. The molecule has 0 spiro atoms. The first-order valence-corrected chi connectivity index (χ1v) is 11.0. The van der Waals surface area contributed by atoms with Crippen LogP contribution < -0.4 is 26.3 Å². The molecular formula is C22H27F2N5O5. The average molecular weight is 479 g/mol.